The van der Waals surface area contributed by atoms with Crippen LogP contribution in [0.2, 0.25) is 5.02 Å². The van der Waals surface area contributed by atoms with E-state index in [1.165, 1.54) is 12.4 Å². The smallest absolute Gasteiger partial charge is 0.246 e. The van der Waals surface area contributed by atoms with E-state index in [0.717, 1.165) is 36.6 Å². The van der Waals surface area contributed by atoms with Crippen LogP contribution >= 0.6 is 11.6 Å². The Morgan fingerprint density at radius 1 is 1.30 bits per heavy atom. The number of hydrogen-bond donors (Lipinski definition) is 1. The third kappa shape index (κ3) is 3.19. The van der Waals surface area contributed by atoms with Crippen molar-refractivity contribution in [2.75, 3.05) is 35.3 Å². The number of nitrogens with zero attached hydrogens (tertiary/aromatic N) is 5. The fourth-order valence-corrected chi connectivity index (χ4v) is 3.93. The minimum Gasteiger partial charge on any atom is -0.382 e. The van der Waals surface area contributed by atoms with Crippen molar-refractivity contribution in [3.63, 3.8) is 0 Å². The Bertz CT molecular complexity index is 871. The molecule has 3 heterocycles. The van der Waals surface area contributed by atoms with Gasteiger partial charge in [0.15, 0.2) is 11.6 Å². The third-order valence-corrected chi connectivity index (χ3v) is 5.38. The quantitative estimate of drug-likeness (QED) is 0.820. The standard InChI is InChI=1S/C19H21ClN6O/c1-2-16(27)24-9-3-4-15(10-24)26-12-25(14-7-5-13(20)6-8-14)17-18(21)22-11-23-19(17)26/h2,5-8,11,15H,1,3-4,9-10,12H2,(H2,21,22,23)/t15-/m1/s1. The summed E-state index contributed by atoms with van der Waals surface area (Å²) in [5.41, 5.74) is 7.96. The van der Waals surface area contributed by atoms with Crippen molar-refractivity contribution in [1.29, 1.82) is 0 Å². The molecule has 1 amide bonds. The molecule has 2 aromatic rings. The Labute approximate surface area is 163 Å². The average Bonchev–Trinajstić information content (AvgIpc) is 3.09. The summed E-state index contributed by atoms with van der Waals surface area (Å²) in [5.74, 6) is 1.21. The lowest BCUT2D eigenvalue weighted by Crippen LogP contribution is -2.50. The number of piperidine rings is 1. The number of hydrogen-bond acceptors (Lipinski definition) is 6. The van der Waals surface area contributed by atoms with E-state index < -0.39 is 0 Å². The van der Waals surface area contributed by atoms with Gasteiger partial charge in [-0.2, -0.15) is 0 Å². The van der Waals surface area contributed by atoms with Crippen molar-refractivity contribution in [1.82, 2.24) is 14.9 Å². The first-order valence-corrected chi connectivity index (χ1v) is 9.28. The number of halogens is 1. The molecule has 0 radical (unpaired) electrons. The van der Waals surface area contributed by atoms with Gasteiger partial charge in [-0.3, -0.25) is 4.79 Å². The first kappa shape index (κ1) is 17.6. The normalized spacial score (nSPS) is 19.1. The van der Waals surface area contributed by atoms with Crippen LogP contribution in [0.25, 0.3) is 0 Å². The largest absolute Gasteiger partial charge is 0.382 e. The first-order valence-electron chi connectivity index (χ1n) is 8.90. The molecule has 27 heavy (non-hydrogen) atoms. The zero-order chi connectivity index (χ0) is 19.0. The molecule has 2 aliphatic heterocycles. The highest BCUT2D eigenvalue weighted by Gasteiger charge is 2.37. The van der Waals surface area contributed by atoms with Crippen molar-refractivity contribution in [3.8, 4) is 0 Å². The Kier molecular flexibility index (Phi) is 4.61. The van der Waals surface area contributed by atoms with Crippen LogP contribution in [0.15, 0.2) is 43.2 Å². The van der Waals surface area contributed by atoms with E-state index in [0.29, 0.717) is 24.1 Å². The fourth-order valence-electron chi connectivity index (χ4n) is 3.80. The predicted molar refractivity (Wildman–Crippen MR) is 107 cm³/mol. The molecule has 2 aliphatic rings. The lowest BCUT2D eigenvalue weighted by Gasteiger charge is -2.38. The fraction of sp³-hybridized carbons (Fsp3) is 0.316. The number of carbonyl (C=O) groups excluding carboxylic acids is 1. The van der Waals surface area contributed by atoms with Gasteiger partial charge in [0.25, 0.3) is 0 Å². The Morgan fingerprint density at radius 2 is 2.07 bits per heavy atom. The number of nitrogen functional groups attached to an aromatic ring is 1. The molecule has 2 N–H and O–H groups in total. The molecule has 1 aromatic heterocycles. The molecule has 0 saturated carbocycles. The molecule has 8 heteroatoms. The molecule has 1 saturated heterocycles. The number of fused-ring (bicyclic) bond motifs is 1. The maximum absolute atomic E-state index is 12.1. The Morgan fingerprint density at radius 3 is 2.81 bits per heavy atom. The van der Waals surface area contributed by atoms with Crippen molar-refractivity contribution >= 4 is 40.5 Å². The van der Waals surface area contributed by atoms with Gasteiger partial charge in [-0.25, -0.2) is 9.97 Å². The summed E-state index contributed by atoms with van der Waals surface area (Å²) in [4.78, 5) is 26.9. The Hall–Kier alpha value is -2.80. The topological polar surface area (TPSA) is 78.6 Å². The number of carbonyl (C=O) groups is 1. The molecule has 0 aliphatic carbocycles. The van der Waals surface area contributed by atoms with Gasteiger partial charge in [0.1, 0.15) is 12.0 Å². The summed E-state index contributed by atoms with van der Waals surface area (Å²) in [6.07, 6.45) is 4.79. The van der Waals surface area contributed by atoms with E-state index in [2.05, 4.69) is 26.3 Å². The summed E-state index contributed by atoms with van der Waals surface area (Å²) >= 11 is 6.04. The molecular formula is C19H21ClN6O. The highest BCUT2D eigenvalue weighted by atomic mass is 35.5. The van der Waals surface area contributed by atoms with Crippen LogP contribution < -0.4 is 15.5 Å². The van der Waals surface area contributed by atoms with Gasteiger partial charge in [0.2, 0.25) is 5.91 Å². The van der Waals surface area contributed by atoms with Crippen molar-refractivity contribution in [2.24, 2.45) is 0 Å². The van der Waals surface area contributed by atoms with Crippen LogP contribution in [-0.2, 0) is 4.79 Å². The maximum atomic E-state index is 12.1. The number of aromatic nitrogens is 2. The van der Waals surface area contributed by atoms with E-state index in [4.69, 9.17) is 17.3 Å². The molecule has 4 rings (SSSR count). The molecule has 1 atom stereocenters. The van der Waals surface area contributed by atoms with Gasteiger partial charge in [-0.15, -0.1) is 0 Å². The van der Waals surface area contributed by atoms with Gasteiger partial charge in [0, 0.05) is 29.8 Å². The summed E-state index contributed by atoms with van der Waals surface area (Å²) in [6.45, 7) is 5.60. The highest BCUT2D eigenvalue weighted by molar-refractivity contribution is 6.30. The number of likely N-dealkylation sites (tertiary alicyclic amines) is 1. The van der Waals surface area contributed by atoms with Gasteiger partial charge in [-0.05, 0) is 43.2 Å². The summed E-state index contributed by atoms with van der Waals surface area (Å²) in [7, 11) is 0. The Balaban J connectivity index is 1.67. The first-order chi connectivity index (χ1) is 13.1. The zero-order valence-corrected chi connectivity index (χ0v) is 15.6. The second kappa shape index (κ2) is 7.08. The van der Waals surface area contributed by atoms with E-state index in [1.807, 2.05) is 29.2 Å². The predicted octanol–water partition coefficient (Wildman–Crippen LogP) is 2.80. The minimum absolute atomic E-state index is 0.0316. The monoisotopic (exact) mass is 384 g/mol. The van der Waals surface area contributed by atoms with Crippen LogP contribution in [0.5, 0.6) is 0 Å². The molecular weight excluding hydrogens is 364 g/mol. The van der Waals surface area contributed by atoms with E-state index in [1.54, 1.807) is 0 Å². The van der Waals surface area contributed by atoms with Crippen LogP contribution in [0.3, 0.4) is 0 Å². The zero-order valence-electron chi connectivity index (χ0n) is 14.9. The second-order valence-corrected chi connectivity index (χ2v) is 7.17. The van der Waals surface area contributed by atoms with Crippen LogP contribution in [0.1, 0.15) is 12.8 Å². The number of benzene rings is 1. The highest BCUT2D eigenvalue weighted by Crippen LogP contribution is 2.43. The molecule has 140 valence electrons. The number of anilines is 4. The minimum atomic E-state index is -0.0316. The second-order valence-electron chi connectivity index (χ2n) is 6.73. The number of amides is 1. The molecule has 1 aromatic carbocycles. The number of nitrogens with two attached hydrogens (primary N) is 1. The van der Waals surface area contributed by atoms with Crippen LogP contribution in [-0.4, -0.2) is 46.6 Å². The number of rotatable bonds is 3. The third-order valence-electron chi connectivity index (χ3n) is 5.13. The summed E-state index contributed by atoms with van der Waals surface area (Å²) < 4.78 is 0. The van der Waals surface area contributed by atoms with Gasteiger partial charge in [0.05, 0.1) is 6.67 Å². The molecule has 0 bridgehead atoms. The average molecular weight is 385 g/mol. The van der Waals surface area contributed by atoms with Gasteiger partial charge in [-0.1, -0.05) is 18.2 Å². The molecule has 7 nitrogen and oxygen atoms in total. The van der Waals surface area contributed by atoms with E-state index in [-0.39, 0.29) is 11.9 Å². The summed E-state index contributed by atoms with van der Waals surface area (Å²) in [6, 6.07) is 7.77. The van der Waals surface area contributed by atoms with E-state index >= 15 is 0 Å². The van der Waals surface area contributed by atoms with Crippen molar-refractivity contribution in [3.05, 3.63) is 48.3 Å². The molecule has 0 unspecified atom stereocenters. The molecule has 0 spiro atoms. The molecule has 1 fully saturated rings. The van der Waals surface area contributed by atoms with E-state index in [9.17, 15) is 4.79 Å². The lowest BCUT2D eigenvalue weighted by atomic mass is 10.0. The van der Waals surface area contributed by atoms with Crippen molar-refractivity contribution in [2.45, 2.75) is 18.9 Å². The lowest BCUT2D eigenvalue weighted by molar-refractivity contribution is -0.127. The van der Waals surface area contributed by atoms with Crippen LogP contribution in [0.4, 0.5) is 23.0 Å². The van der Waals surface area contributed by atoms with Crippen molar-refractivity contribution < 1.29 is 4.79 Å². The maximum Gasteiger partial charge on any atom is 0.246 e. The van der Waals surface area contributed by atoms with Gasteiger partial charge < -0.3 is 20.4 Å². The van der Waals surface area contributed by atoms with Gasteiger partial charge >= 0.3 is 0 Å². The SMILES string of the molecule is C=CC(=O)N1CCC[C@@H](N2CN(c3ccc(Cl)cc3)c3c(N)ncnc32)C1. The van der Waals surface area contributed by atoms with Crippen LogP contribution in [0, 0.1) is 0 Å². The summed E-state index contributed by atoms with van der Waals surface area (Å²) in [5, 5.41) is 0.679.